The minimum Gasteiger partial charge on any atom is -0.494 e. The number of nitrogens with two attached hydrogens (primary N) is 1. The maximum atomic E-state index is 12.6. The molecular formula is C28H40N6O3. The van der Waals surface area contributed by atoms with E-state index in [1.165, 1.54) is 0 Å². The van der Waals surface area contributed by atoms with Crippen LogP contribution < -0.4 is 15.4 Å². The van der Waals surface area contributed by atoms with Crippen molar-refractivity contribution in [1.29, 1.82) is 5.26 Å². The molecule has 0 saturated carbocycles. The number of amides is 1. The normalized spacial score (nSPS) is 20.2. The third-order valence-corrected chi connectivity index (χ3v) is 7.79. The first-order chi connectivity index (χ1) is 17.9. The van der Waals surface area contributed by atoms with Gasteiger partial charge in [-0.2, -0.15) is 10.2 Å². The molecule has 2 aromatic rings. The summed E-state index contributed by atoms with van der Waals surface area (Å²) in [5.41, 5.74) is 7.16. The lowest BCUT2D eigenvalue weighted by Crippen LogP contribution is -2.46. The lowest BCUT2D eigenvalue weighted by molar-refractivity contribution is -0.132. The highest BCUT2D eigenvalue weighted by Gasteiger charge is 2.31. The monoisotopic (exact) mass is 508 g/mol. The molecule has 1 aromatic carbocycles. The van der Waals surface area contributed by atoms with Crippen LogP contribution in [0.3, 0.4) is 0 Å². The Morgan fingerprint density at radius 1 is 1.19 bits per heavy atom. The van der Waals surface area contributed by atoms with Crippen molar-refractivity contribution in [3.8, 4) is 11.8 Å². The SMILES string of the molecule is CC(C)c1noc(N2CCC([C@H](C)CCOc3ccc(C[C@H](N)C(=O)N4CCCC4C#N)cc3)CC2)n1. The Morgan fingerprint density at radius 2 is 1.92 bits per heavy atom. The van der Waals surface area contributed by atoms with Gasteiger partial charge in [-0.15, -0.1) is 0 Å². The summed E-state index contributed by atoms with van der Waals surface area (Å²) in [4.78, 5) is 21.0. The van der Waals surface area contributed by atoms with Crippen LogP contribution in [0.2, 0.25) is 0 Å². The van der Waals surface area contributed by atoms with E-state index in [1.807, 2.05) is 24.3 Å². The number of nitriles is 1. The van der Waals surface area contributed by atoms with Gasteiger partial charge in [0.15, 0.2) is 5.82 Å². The average molecular weight is 509 g/mol. The molecule has 200 valence electrons. The summed E-state index contributed by atoms with van der Waals surface area (Å²) in [7, 11) is 0. The summed E-state index contributed by atoms with van der Waals surface area (Å²) < 4.78 is 11.5. The zero-order valence-corrected chi connectivity index (χ0v) is 22.3. The minimum atomic E-state index is -0.634. The maximum Gasteiger partial charge on any atom is 0.324 e. The van der Waals surface area contributed by atoms with Gasteiger partial charge in [0.25, 0.3) is 0 Å². The Morgan fingerprint density at radius 3 is 2.57 bits per heavy atom. The number of rotatable bonds is 10. The van der Waals surface area contributed by atoms with E-state index in [9.17, 15) is 10.1 Å². The second kappa shape index (κ2) is 12.4. The summed E-state index contributed by atoms with van der Waals surface area (Å²) in [6, 6.07) is 9.70. The number of ether oxygens (including phenoxy) is 1. The molecule has 3 atom stereocenters. The zero-order chi connectivity index (χ0) is 26.4. The number of carbonyl (C=O) groups excluding carboxylic acids is 1. The molecule has 2 fully saturated rings. The highest BCUT2D eigenvalue weighted by atomic mass is 16.5. The molecule has 1 aromatic heterocycles. The number of benzene rings is 1. The number of carbonyl (C=O) groups is 1. The minimum absolute atomic E-state index is 0.137. The molecule has 4 rings (SSSR count). The van der Waals surface area contributed by atoms with Crippen molar-refractivity contribution in [2.75, 3.05) is 31.1 Å². The Kier molecular flexibility index (Phi) is 9.04. The van der Waals surface area contributed by atoms with Crippen molar-refractivity contribution >= 4 is 11.9 Å². The molecule has 3 heterocycles. The van der Waals surface area contributed by atoms with Gasteiger partial charge in [-0.25, -0.2) is 0 Å². The lowest BCUT2D eigenvalue weighted by atomic mass is 9.84. The highest BCUT2D eigenvalue weighted by molar-refractivity contribution is 5.82. The first-order valence-electron chi connectivity index (χ1n) is 13.6. The van der Waals surface area contributed by atoms with Gasteiger partial charge < -0.3 is 24.8 Å². The third-order valence-electron chi connectivity index (χ3n) is 7.79. The fourth-order valence-electron chi connectivity index (χ4n) is 5.29. The topological polar surface area (TPSA) is 122 Å². The van der Waals surface area contributed by atoms with Crippen molar-refractivity contribution in [1.82, 2.24) is 15.0 Å². The van der Waals surface area contributed by atoms with E-state index < -0.39 is 6.04 Å². The summed E-state index contributed by atoms with van der Waals surface area (Å²) in [5.74, 6) is 2.95. The molecule has 2 N–H and O–H groups in total. The van der Waals surface area contributed by atoms with E-state index in [2.05, 4.69) is 41.9 Å². The zero-order valence-electron chi connectivity index (χ0n) is 22.3. The fourth-order valence-corrected chi connectivity index (χ4v) is 5.29. The number of nitrogens with zero attached hydrogens (tertiary/aromatic N) is 5. The van der Waals surface area contributed by atoms with Gasteiger partial charge in [-0.05, 0) is 68.1 Å². The first-order valence-corrected chi connectivity index (χ1v) is 13.6. The van der Waals surface area contributed by atoms with Gasteiger partial charge in [0, 0.05) is 25.6 Å². The summed E-state index contributed by atoms with van der Waals surface area (Å²) >= 11 is 0. The van der Waals surface area contributed by atoms with Crippen LogP contribution in [-0.4, -0.2) is 59.3 Å². The van der Waals surface area contributed by atoms with Crippen LogP contribution in [0, 0.1) is 23.2 Å². The van der Waals surface area contributed by atoms with Gasteiger partial charge >= 0.3 is 6.01 Å². The largest absolute Gasteiger partial charge is 0.494 e. The second-order valence-electron chi connectivity index (χ2n) is 10.8. The number of hydrogen-bond donors (Lipinski definition) is 1. The van der Waals surface area contributed by atoms with Gasteiger partial charge in [0.1, 0.15) is 11.8 Å². The van der Waals surface area contributed by atoms with Crippen molar-refractivity contribution < 1.29 is 14.1 Å². The fraction of sp³-hybridized carbons (Fsp3) is 0.643. The molecule has 37 heavy (non-hydrogen) atoms. The van der Waals surface area contributed by atoms with Gasteiger partial charge in [-0.1, -0.05) is 38.1 Å². The van der Waals surface area contributed by atoms with Crippen molar-refractivity contribution in [2.45, 2.75) is 77.3 Å². The van der Waals surface area contributed by atoms with Crippen molar-refractivity contribution in [3.05, 3.63) is 35.7 Å². The molecule has 1 amide bonds. The molecule has 0 spiro atoms. The highest BCUT2D eigenvalue weighted by Crippen LogP contribution is 2.30. The first kappa shape index (κ1) is 26.9. The maximum absolute atomic E-state index is 12.6. The summed E-state index contributed by atoms with van der Waals surface area (Å²) in [5, 5.41) is 13.3. The average Bonchev–Trinajstić information content (AvgIpc) is 3.59. The molecular weight excluding hydrogens is 468 g/mol. The van der Waals surface area contributed by atoms with Crippen LogP contribution in [0.15, 0.2) is 28.8 Å². The number of likely N-dealkylation sites (tertiary alicyclic amines) is 1. The van der Waals surface area contributed by atoms with Crippen LogP contribution in [-0.2, 0) is 11.2 Å². The Bertz CT molecular complexity index is 1050. The second-order valence-corrected chi connectivity index (χ2v) is 10.8. The van der Waals surface area contributed by atoms with E-state index in [1.54, 1.807) is 4.90 Å². The quantitative estimate of drug-likeness (QED) is 0.513. The molecule has 0 aliphatic carbocycles. The van der Waals surface area contributed by atoms with E-state index in [0.29, 0.717) is 37.4 Å². The van der Waals surface area contributed by atoms with E-state index in [4.69, 9.17) is 15.0 Å². The van der Waals surface area contributed by atoms with Crippen molar-refractivity contribution in [2.24, 2.45) is 17.6 Å². The van der Waals surface area contributed by atoms with Gasteiger partial charge in [0.2, 0.25) is 5.91 Å². The predicted octanol–water partition coefficient (Wildman–Crippen LogP) is 3.90. The van der Waals surface area contributed by atoms with E-state index in [0.717, 1.165) is 62.3 Å². The van der Waals surface area contributed by atoms with Crippen LogP contribution in [0.1, 0.15) is 70.2 Å². The Hall–Kier alpha value is -3.12. The summed E-state index contributed by atoms with van der Waals surface area (Å²) in [6.45, 7) is 9.62. The van der Waals surface area contributed by atoms with Crippen LogP contribution in [0.5, 0.6) is 5.75 Å². The molecule has 2 saturated heterocycles. The van der Waals surface area contributed by atoms with Crippen molar-refractivity contribution in [3.63, 3.8) is 0 Å². The standard InChI is InChI=1S/C28H40N6O3/c1-19(2)26-31-28(37-32-26)33-14-10-22(11-15-33)20(3)12-16-36-24-8-6-21(7-9-24)17-25(30)27(35)34-13-4-5-23(34)18-29/h6-9,19-20,22-23,25H,4-5,10-17,30H2,1-3H3/t20-,23?,25+/m1/s1. The third kappa shape index (κ3) is 6.80. The van der Waals surface area contributed by atoms with Crippen LogP contribution in [0.4, 0.5) is 6.01 Å². The number of aromatic nitrogens is 2. The smallest absolute Gasteiger partial charge is 0.324 e. The number of anilines is 1. The Labute approximate surface area is 219 Å². The van der Waals surface area contributed by atoms with E-state index >= 15 is 0 Å². The molecule has 0 radical (unpaired) electrons. The molecule has 9 heteroatoms. The lowest BCUT2D eigenvalue weighted by Gasteiger charge is -2.33. The number of hydrogen-bond acceptors (Lipinski definition) is 8. The summed E-state index contributed by atoms with van der Waals surface area (Å²) in [6.07, 6.45) is 5.27. The molecule has 2 aliphatic rings. The molecule has 2 aliphatic heterocycles. The number of piperidine rings is 1. The van der Waals surface area contributed by atoms with Crippen LogP contribution in [0.25, 0.3) is 0 Å². The van der Waals surface area contributed by atoms with E-state index in [-0.39, 0.29) is 17.9 Å². The Balaban J connectivity index is 1.16. The predicted molar refractivity (Wildman–Crippen MR) is 141 cm³/mol. The van der Waals surface area contributed by atoms with Gasteiger partial charge in [-0.3, -0.25) is 4.79 Å². The molecule has 0 bridgehead atoms. The van der Waals surface area contributed by atoms with Gasteiger partial charge in [0.05, 0.1) is 18.7 Å². The molecule has 9 nitrogen and oxygen atoms in total. The molecule has 1 unspecified atom stereocenters. The van der Waals surface area contributed by atoms with Crippen LogP contribution >= 0.6 is 0 Å².